The van der Waals surface area contributed by atoms with E-state index in [1.54, 1.807) is 0 Å². The lowest BCUT2D eigenvalue weighted by Crippen LogP contribution is -2.57. The highest BCUT2D eigenvalue weighted by molar-refractivity contribution is 5.93. The summed E-state index contributed by atoms with van der Waals surface area (Å²) < 4.78 is 0. The zero-order valence-electron chi connectivity index (χ0n) is 13.2. The standard InChI is InChI=1S/C17H26N2O2/c1-3-12(2)16(20)19-9-4-5-14-11-18(10-8-15(14)19)17(21)13-6-7-13/h3,13-15H,4-11H2,1-2H3/b12-3+/t14-,15+/m1/s1. The zero-order chi connectivity index (χ0) is 15.0. The molecule has 0 unspecified atom stereocenters. The SMILES string of the molecule is C/C=C(\C)C(=O)N1CCC[C@@H]2CN(C(=O)C3CC3)CC[C@@H]21. The van der Waals surface area contributed by atoms with E-state index >= 15 is 0 Å². The molecule has 1 aliphatic carbocycles. The van der Waals surface area contributed by atoms with Crippen LogP contribution in [0.4, 0.5) is 0 Å². The largest absolute Gasteiger partial charge is 0.342 e. The summed E-state index contributed by atoms with van der Waals surface area (Å²) in [7, 11) is 0. The quantitative estimate of drug-likeness (QED) is 0.732. The van der Waals surface area contributed by atoms with Crippen LogP contribution < -0.4 is 0 Å². The Balaban J connectivity index is 1.67. The Bertz CT molecular complexity index is 467. The van der Waals surface area contributed by atoms with Crippen LogP contribution in [0.2, 0.25) is 0 Å². The summed E-state index contributed by atoms with van der Waals surface area (Å²) in [6.07, 6.45) is 7.22. The average molecular weight is 290 g/mol. The van der Waals surface area contributed by atoms with Crippen molar-refractivity contribution < 1.29 is 9.59 Å². The number of rotatable bonds is 2. The molecule has 0 aromatic rings. The number of carbonyl (C=O) groups excluding carboxylic acids is 2. The van der Waals surface area contributed by atoms with Crippen molar-refractivity contribution >= 4 is 11.8 Å². The molecule has 3 fully saturated rings. The Kier molecular flexibility index (Phi) is 4.05. The highest BCUT2D eigenvalue weighted by atomic mass is 16.2. The molecule has 0 N–H and O–H groups in total. The number of fused-ring (bicyclic) bond motifs is 1. The van der Waals surface area contributed by atoms with E-state index in [2.05, 4.69) is 9.80 Å². The molecule has 0 bridgehead atoms. The lowest BCUT2D eigenvalue weighted by Gasteiger charge is -2.47. The number of likely N-dealkylation sites (tertiary alicyclic amines) is 2. The van der Waals surface area contributed by atoms with Gasteiger partial charge in [-0.05, 0) is 51.9 Å². The number of allylic oxidation sites excluding steroid dienone is 1. The molecule has 0 aromatic heterocycles. The van der Waals surface area contributed by atoms with Gasteiger partial charge in [0.05, 0.1) is 0 Å². The molecule has 2 amide bonds. The smallest absolute Gasteiger partial charge is 0.249 e. The van der Waals surface area contributed by atoms with Crippen LogP contribution in [-0.4, -0.2) is 47.3 Å². The van der Waals surface area contributed by atoms with E-state index in [4.69, 9.17) is 0 Å². The molecule has 4 nitrogen and oxygen atoms in total. The Labute approximate surface area is 127 Å². The lowest BCUT2D eigenvalue weighted by molar-refractivity contribution is -0.140. The minimum absolute atomic E-state index is 0.189. The minimum Gasteiger partial charge on any atom is -0.342 e. The Morgan fingerprint density at radius 1 is 1.10 bits per heavy atom. The van der Waals surface area contributed by atoms with Crippen molar-refractivity contribution in [3.63, 3.8) is 0 Å². The van der Waals surface area contributed by atoms with Crippen LogP contribution in [0.15, 0.2) is 11.6 Å². The highest BCUT2D eigenvalue weighted by Gasteiger charge is 2.42. The van der Waals surface area contributed by atoms with E-state index in [9.17, 15) is 9.59 Å². The number of carbonyl (C=O) groups is 2. The van der Waals surface area contributed by atoms with Crippen molar-refractivity contribution in [2.75, 3.05) is 19.6 Å². The van der Waals surface area contributed by atoms with E-state index in [0.717, 1.165) is 57.3 Å². The van der Waals surface area contributed by atoms with Gasteiger partial charge in [0, 0.05) is 37.2 Å². The molecular formula is C17H26N2O2. The minimum atomic E-state index is 0.189. The molecule has 3 rings (SSSR count). The van der Waals surface area contributed by atoms with Crippen LogP contribution in [0, 0.1) is 11.8 Å². The van der Waals surface area contributed by atoms with Gasteiger partial charge in [-0.25, -0.2) is 0 Å². The van der Waals surface area contributed by atoms with Crippen LogP contribution in [0.1, 0.15) is 46.0 Å². The molecular weight excluding hydrogens is 264 g/mol. The Morgan fingerprint density at radius 3 is 2.52 bits per heavy atom. The van der Waals surface area contributed by atoms with Gasteiger partial charge in [-0.1, -0.05) is 6.08 Å². The monoisotopic (exact) mass is 290 g/mol. The molecule has 2 atom stereocenters. The van der Waals surface area contributed by atoms with Gasteiger partial charge in [-0.3, -0.25) is 9.59 Å². The molecule has 2 aliphatic heterocycles. The van der Waals surface area contributed by atoms with E-state index in [1.165, 1.54) is 0 Å². The maximum absolute atomic E-state index is 12.5. The summed E-state index contributed by atoms with van der Waals surface area (Å²) in [4.78, 5) is 28.9. The predicted octanol–water partition coefficient (Wildman–Crippen LogP) is 2.20. The first-order chi connectivity index (χ1) is 10.1. The molecule has 3 aliphatic rings. The first-order valence-electron chi connectivity index (χ1n) is 8.34. The van der Waals surface area contributed by atoms with Gasteiger partial charge in [0.15, 0.2) is 0 Å². The Hall–Kier alpha value is -1.32. The zero-order valence-corrected chi connectivity index (χ0v) is 13.2. The molecule has 0 radical (unpaired) electrons. The molecule has 116 valence electrons. The summed E-state index contributed by atoms with van der Waals surface area (Å²) in [6, 6.07) is 0.337. The van der Waals surface area contributed by atoms with Crippen LogP contribution in [-0.2, 0) is 9.59 Å². The van der Waals surface area contributed by atoms with E-state index < -0.39 is 0 Å². The van der Waals surface area contributed by atoms with Gasteiger partial charge in [-0.2, -0.15) is 0 Å². The van der Waals surface area contributed by atoms with Crippen molar-refractivity contribution in [2.24, 2.45) is 11.8 Å². The number of piperidine rings is 2. The first kappa shape index (κ1) is 14.6. The van der Waals surface area contributed by atoms with Crippen LogP contribution in [0.25, 0.3) is 0 Å². The summed E-state index contributed by atoms with van der Waals surface area (Å²) in [5, 5.41) is 0. The fourth-order valence-electron chi connectivity index (χ4n) is 3.79. The van der Waals surface area contributed by atoms with Crippen LogP contribution in [0.5, 0.6) is 0 Å². The topological polar surface area (TPSA) is 40.6 Å². The average Bonchev–Trinajstić information content (AvgIpc) is 3.36. The van der Waals surface area contributed by atoms with Gasteiger partial charge in [0.1, 0.15) is 0 Å². The lowest BCUT2D eigenvalue weighted by atomic mass is 9.83. The van der Waals surface area contributed by atoms with E-state index in [1.807, 2.05) is 19.9 Å². The highest BCUT2D eigenvalue weighted by Crippen LogP contribution is 2.35. The maximum atomic E-state index is 12.5. The molecule has 2 saturated heterocycles. The van der Waals surface area contributed by atoms with Crippen LogP contribution >= 0.6 is 0 Å². The van der Waals surface area contributed by atoms with Gasteiger partial charge >= 0.3 is 0 Å². The molecule has 21 heavy (non-hydrogen) atoms. The van der Waals surface area contributed by atoms with Crippen molar-refractivity contribution in [3.05, 3.63) is 11.6 Å². The summed E-state index contributed by atoms with van der Waals surface area (Å²) >= 11 is 0. The number of nitrogens with zero attached hydrogens (tertiary/aromatic N) is 2. The third kappa shape index (κ3) is 2.85. The van der Waals surface area contributed by atoms with Gasteiger partial charge in [-0.15, -0.1) is 0 Å². The van der Waals surface area contributed by atoms with Gasteiger partial charge in [0.25, 0.3) is 0 Å². The second-order valence-electron chi connectivity index (χ2n) is 6.79. The first-order valence-corrected chi connectivity index (χ1v) is 8.34. The second kappa shape index (κ2) is 5.82. The van der Waals surface area contributed by atoms with E-state index in [0.29, 0.717) is 23.8 Å². The molecule has 0 aromatic carbocycles. The van der Waals surface area contributed by atoms with Crippen LogP contribution in [0.3, 0.4) is 0 Å². The normalized spacial score (nSPS) is 30.1. The molecule has 1 saturated carbocycles. The molecule has 4 heteroatoms. The number of amides is 2. The van der Waals surface area contributed by atoms with Crippen molar-refractivity contribution in [2.45, 2.75) is 52.0 Å². The van der Waals surface area contributed by atoms with Crippen molar-refractivity contribution in [1.29, 1.82) is 0 Å². The van der Waals surface area contributed by atoms with E-state index in [-0.39, 0.29) is 5.91 Å². The van der Waals surface area contributed by atoms with Gasteiger partial charge < -0.3 is 9.80 Å². The maximum Gasteiger partial charge on any atom is 0.249 e. The molecule has 0 spiro atoms. The molecule has 2 heterocycles. The summed E-state index contributed by atoms with van der Waals surface area (Å²) in [5.74, 6) is 1.34. The predicted molar refractivity (Wildman–Crippen MR) is 81.6 cm³/mol. The van der Waals surface area contributed by atoms with Crippen molar-refractivity contribution in [1.82, 2.24) is 9.80 Å². The summed E-state index contributed by atoms with van der Waals surface area (Å²) in [5.41, 5.74) is 0.840. The third-order valence-corrected chi connectivity index (χ3v) is 5.34. The second-order valence-corrected chi connectivity index (χ2v) is 6.79. The fraction of sp³-hybridized carbons (Fsp3) is 0.765. The third-order valence-electron chi connectivity index (χ3n) is 5.34. The summed E-state index contributed by atoms with van der Waals surface area (Å²) in [6.45, 7) is 6.39. The fourth-order valence-corrected chi connectivity index (χ4v) is 3.79. The van der Waals surface area contributed by atoms with Crippen molar-refractivity contribution in [3.8, 4) is 0 Å². The number of hydrogen-bond donors (Lipinski definition) is 0. The van der Waals surface area contributed by atoms with Gasteiger partial charge in [0.2, 0.25) is 11.8 Å². The Morgan fingerprint density at radius 2 is 1.86 bits per heavy atom. The number of hydrogen-bond acceptors (Lipinski definition) is 2.